The van der Waals surface area contributed by atoms with Gasteiger partial charge in [0.15, 0.2) is 0 Å². The van der Waals surface area contributed by atoms with Crippen molar-refractivity contribution in [2.24, 2.45) is 0 Å². The summed E-state index contributed by atoms with van der Waals surface area (Å²) < 4.78 is 4.67. The van der Waals surface area contributed by atoms with Crippen LogP contribution in [0.4, 0.5) is 11.4 Å². The van der Waals surface area contributed by atoms with E-state index >= 15 is 0 Å². The molecule has 0 aliphatic rings. The molecular weight excluding hydrogens is 422 g/mol. The first-order valence-corrected chi connectivity index (χ1v) is 10.5. The number of hydrogen-bond acceptors (Lipinski definition) is 6. The lowest BCUT2D eigenvalue weighted by Gasteiger charge is -2.17. The van der Waals surface area contributed by atoms with Crippen LogP contribution in [0.5, 0.6) is 0 Å². The van der Waals surface area contributed by atoms with Crippen LogP contribution < -0.4 is 10.6 Å². The summed E-state index contributed by atoms with van der Waals surface area (Å²) in [6.45, 7) is 2.27. The molecule has 8 heteroatoms. The minimum atomic E-state index is -0.520. The molecule has 0 aliphatic carbocycles. The average Bonchev–Trinajstić information content (AvgIpc) is 2.86. The van der Waals surface area contributed by atoms with Gasteiger partial charge in [0.2, 0.25) is 0 Å². The number of carbonyl (C=O) groups is 2. The summed E-state index contributed by atoms with van der Waals surface area (Å²) >= 11 is 0. The molecule has 0 saturated heterocycles. The lowest BCUT2D eigenvalue weighted by Crippen LogP contribution is -2.28. The lowest BCUT2D eigenvalue weighted by molar-refractivity contribution is -0.384. The van der Waals surface area contributed by atoms with Crippen molar-refractivity contribution in [3.63, 3.8) is 0 Å². The number of nitro groups is 1. The minimum absolute atomic E-state index is 0.191. The van der Waals surface area contributed by atoms with Gasteiger partial charge in [0.25, 0.3) is 11.6 Å². The molecular formula is C25H25N3O5. The Kier molecular flexibility index (Phi) is 7.75. The van der Waals surface area contributed by atoms with Gasteiger partial charge in [-0.1, -0.05) is 49.4 Å². The van der Waals surface area contributed by atoms with E-state index in [1.165, 1.54) is 19.2 Å². The molecule has 0 heterocycles. The largest absolute Gasteiger partial charge is 0.465 e. The number of anilines is 1. The fourth-order valence-corrected chi connectivity index (χ4v) is 3.40. The third-order valence-corrected chi connectivity index (χ3v) is 5.23. The number of esters is 1. The summed E-state index contributed by atoms with van der Waals surface area (Å²) in [4.78, 5) is 35.4. The number of amides is 1. The molecule has 170 valence electrons. The first-order valence-electron chi connectivity index (χ1n) is 10.5. The van der Waals surface area contributed by atoms with E-state index < -0.39 is 10.9 Å². The fourth-order valence-electron chi connectivity index (χ4n) is 3.40. The van der Waals surface area contributed by atoms with Gasteiger partial charge < -0.3 is 15.4 Å². The molecule has 3 aromatic rings. The van der Waals surface area contributed by atoms with Gasteiger partial charge in [0, 0.05) is 18.2 Å². The normalized spacial score (nSPS) is 11.3. The number of carbonyl (C=O) groups excluding carboxylic acids is 2. The van der Waals surface area contributed by atoms with Crippen LogP contribution in [0.2, 0.25) is 0 Å². The summed E-state index contributed by atoms with van der Waals surface area (Å²) in [6, 6.07) is 20.5. The van der Waals surface area contributed by atoms with Gasteiger partial charge in [0.05, 0.1) is 23.6 Å². The Morgan fingerprint density at radius 1 is 1.00 bits per heavy atom. The Morgan fingerprint density at radius 2 is 1.67 bits per heavy atom. The Labute approximate surface area is 191 Å². The molecule has 3 aromatic carbocycles. The summed E-state index contributed by atoms with van der Waals surface area (Å²) in [7, 11) is 1.31. The van der Waals surface area contributed by atoms with Crippen LogP contribution in [0, 0.1) is 10.1 Å². The quantitative estimate of drug-likeness (QED) is 0.275. The number of nitrogens with zero attached hydrogens (tertiary/aromatic N) is 1. The Balaban J connectivity index is 1.73. The van der Waals surface area contributed by atoms with Crippen molar-refractivity contribution >= 4 is 23.3 Å². The molecule has 8 nitrogen and oxygen atoms in total. The van der Waals surface area contributed by atoms with Crippen LogP contribution in [0.25, 0.3) is 0 Å². The highest BCUT2D eigenvalue weighted by molar-refractivity contribution is 5.96. The molecule has 0 unspecified atom stereocenters. The van der Waals surface area contributed by atoms with Gasteiger partial charge in [-0.05, 0) is 41.8 Å². The fraction of sp³-hybridized carbons (Fsp3) is 0.200. The van der Waals surface area contributed by atoms with Gasteiger partial charge in [-0.3, -0.25) is 14.9 Å². The lowest BCUT2D eigenvalue weighted by atomic mass is 10.0. The molecule has 0 fully saturated rings. The predicted octanol–water partition coefficient (Wildman–Crippen LogP) is 4.87. The van der Waals surface area contributed by atoms with Crippen molar-refractivity contribution in [3.8, 4) is 0 Å². The third-order valence-electron chi connectivity index (χ3n) is 5.23. The van der Waals surface area contributed by atoms with Gasteiger partial charge >= 0.3 is 5.97 Å². The number of ether oxygens (including phenoxy) is 1. The molecule has 3 rings (SSSR count). The maximum atomic E-state index is 12.8. The van der Waals surface area contributed by atoms with E-state index in [2.05, 4.69) is 15.4 Å². The zero-order valence-electron chi connectivity index (χ0n) is 18.4. The monoisotopic (exact) mass is 447 g/mol. The summed E-state index contributed by atoms with van der Waals surface area (Å²) in [5.74, 6) is -0.810. The molecule has 0 bridgehead atoms. The molecule has 1 amide bonds. The van der Waals surface area contributed by atoms with E-state index in [9.17, 15) is 19.7 Å². The van der Waals surface area contributed by atoms with Gasteiger partial charge in [-0.15, -0.1) is 0 Å². The number of methoxy groups -OCH3 is 1. The zero-order chi connectivity index (χ0) is 23.8. The van der Waals surface area contributed by atoms with E-state index in [1.54, 1.807) is 30.3 Å². The van der Waals surface area contributed by atoms with E-state index in [0.29, 0.717) is 24.2 Å². The molecule has 2 N–H and O–H groups in total. The molecule has 1 atom stereocenters. The second kappa shape index (κ2) is 10.9. The number of rotatable bonds is 9. The molecule has 33 heavy (non-hydrogen) atoms. The third kappa shape index (κ3) is 5.94. The molecule has 0 saturated carbocycles. The SMILES string of the molecule is CC[C@@H](NC(=O)c1ccc(NCc2ccc(C(=O)OC)cc2)c([N+](=O)[O-])c1)c1ccccc1. The van der Waals surface area contributed by atoms with Crippen molar-refractivity contribution in [3.05, 3.63) is 105 Å². The minimum Gasteiger partial charge on any atom is -0.465 e. The second-order valence-corrected chi connectivity index (χ2v) is 7.38. The van der Waals surface area contributed by atoms with Crippen LogP contribution in [0.3, 0.4) is 0 Å². The predicted molar refractivity (Wildman–Crippen MR) is 125 cm³/mol. The van der Waals surface area contributed by atoms with E-state index in [-0.39, 0.29) is 23.2 Å². The molecule has 0 radical (unpaired) electrons. The second-order valence-electron chi connectivity index (χ2n) is 7.38. The van der Waals surface area contributed by atoms with Crippen molar-refractivity contribution in [1.82, 2.24) is 5.32 Å². The molecule has 0 spiro atoms. The highest BCUT2D eigenvalue weighted by Crippen LogP contribution is 2.27. The Hall–Kier alpha value is -4.20. The van der Waals surface area contributed by atoms with Crippen LogP contribution in [0.1, 0.15) is 51.2 Å². The Morgan fingerprint density at radius 3 is 2.27 bits per heavy atom. The number of benzene rings is 3. The zero-order valence-corrected chi connectivity index (χ0v) is 18.4. The van der Waals surface area contributed by atoms with E-state index in [1.807, 2.05) is 37.3 Å². The molecule has 0 aliphatic heterocycles. The van der Waals surface area contributed by atoms with Crippen LogP contribution in [0.15, 0.2) is 72.8 Å². The number of nitro benzene ring substituents is 1. The highest BCUT2D eigenvalue weighted by Gasteiger charge is 2.20. The van der Waals surface area contributed by atoms with E-state index in [0.717, 1.165) is 11.1 Å². The van der Waals surface area contributed by atoms with Crippen molar-refractivity contribution < 1.29 is 19.2 Å². The standard InChI is InChI=1S/C25H25N3O5/c1-3-21(18-7-5-4-6-8-18)27-24(29)20-13-14-22(23(15-20)28(31)32)26-16-17-9-11-19(12-10-17)25(30)33-2/h4-15,21,26H,3,16H2,1-2H3,(H,27,29)/t21-/m1/s1. The van der Waals surface area contributed by atoms with Crippen LogP contribution >= 0.6 is 0 Å². The van der Waals surface area contributed by atoms with Gasteiger partial charge in [0.1, 0.15) is 5.69 Å². The summed E-state index contributed by atoms with van der Waals surface area (Å²) in [5, 5.41) is 17.6. The molecule has 0 aromatic heterocycles. The Bertz CT molecular complexity index is 1130. The van der Waals surface area contributed by atoms with Crippen LogP contribution in [-0.2, 0) is 11.3 Å². The van der Waals surface area contributed by atoms with Crippen LogP contribution in [-0.4, -0.2) is 23.9 Å². The highest BCUT2D eigenvalue weighted by atomic mass is 16.6. The summed E-state index contributed by atoms with van der Waals surface area (Å²) in [6.07, 6.45) is 0.687. The smallest absolute Gasteiger partial charge is 0.337 e. The van der Waals surface area contributed by atoms with Gasteiger partial charge in [-0.25, -0.2) is 4.79 Å². The topological polar surface area (TPSA) is 111 Å². The maximum Gasteiger partial charge on any atom is 0.337 e. The first kappa shape index (κ1) is 23.5. The maximum absolute atomic E-state index is 12.8. The summed E-state index contributed by atoms with van der Waals surface area (Å²) in [5.41, 5.74) is 2.53. The van der Waals surface area contributed by atoms with E-state index in [4.69, 9.17) is 0 Å². The average molecular weight is 447 g/mol. The number of hydrogen-bond donors (Lipinski definition) is 2. The number of nitrogens with one attached hydrogen (secondary N) is 2. The van der Waals surface area contributed by atoms with Gasteiger partial charge in [-0.2, -0.15) is 0 Å². The van der Waals surface area contributed by atoms with Crippen molar-refractivity contribution in [2.45, 2.75) is 25.9 Å². The first-order chi connectivity index (χ1) is 15.9. The van der Waals surface area contributed by atoms with Crippen molar-refractivity contribution in [2.75, 3.05) is 12.4 Å². The van der Waals surface area contributed by atoms with Crippen molar-refractivity contribution in [1.29, 1.82) is 0 Å².